The highest BCUT2D eigenvalue weighted by atomic mass is 35.5. The lowest BCUT2D eigenvalue weighted by atomic mass is 10.2. The smallest absolute Gasteiger partial charge is 0.0660 e. The molecule has 0 heterocycles. The molecule has 0 bridgehead atoms. The van der Waals surface area contributed by atoms with Gasteiger partial charge in [0.1, 0.15) is 0 Å². The molecule has 2 atom stereocenters. The molecule has 0 fully saturated rings. The van der Waals surface area contributed by atoms with Gasteiger partial charge in [-0.1, -0.05) is 0 Å². The number of hydrogen-bond donors (Lipinski definition) is 2. The predicted molar refractivity (Wildman–Crippen MR) is 39.8 cm³/mol. The molecule has 0 spiro atoms. The summed E-state index contributed by atoms with van der Waals surface area (Å²) in [7, 11) is 0. The van der Waals surface area contributed by atoms with Gasteiger partial charge in [0.2, 0.25) is 0 Å². The molecule has 0 saturated heterocycles. The molecule has 0 aromatic rings. The largest absolute Gasteiger partial charge is 0.392 e. The Morgan fingerprint density at radius 1 is 1.25 bits per heavy atom. The third kappa shape index (κ3) is 9.71. The van der Waals surface area contributed by atoms with E-state index >= 15 is 0 Å². The number of hydrogen-bond acceptors (Lipinski definition) is 2. The van der Waals surface area contributed by atoms with Crippen LogP contribution >= 0.6 is 24.8 Å². The number of aliphatic hydroxyl groups excluding tert-OH is 1. The van der Waals surface area contributed by atoms with Crippen LogP contribution < -0.4 is 5.73 Å². The minimum Gasteiger partial charge on any atom is -0.392 e. The molecule has 3 N–H and O–H groups in total. The predicted octanol–water partition coefficient (Wildman–Crippen LogP) is 0.558. The van der Waals surface area contributed by atoms with Crippen molar-refractivity contribution < 1.29 is 5.11 Å². The second-order valence-corrected chi connectivity index (χ2v) is 1.60. The van der Waals surface area contributed by atoms with Crippen molar-refractivity contribution in [3.63, 3.8) is 0 Å². The van der Waals surface area contributed by atoms with Gasteiger partial charge in [0.05, 0.1) is 6.10 Å². The maximum Gasteiger partial charge on any atom is 0.0660 e. The van der Waals surface area contributed by atoms with E-state index in [2.05, 4.69) is 0 Å². The van der Waals surface area contributed by atoms with Gasteiger partial charge in [0.25, 0.3) is 0 Å². The Morgan fingerprint density at radius 3 is 1.38 bits per heavy atom. The first kappa shape index (κ1) is 15.8. The monoisotopic (exact) mass is 161 g/mol. The molecule has 0 aliphatic carbocycles. The van der Waals surface area contributed by atoms with Gasteiger partial charge in [-0.2, -0.15) is 0 Å². The first-order valence-electron chi connectivity index (χ1n) is 2.08. The lowest BCUT2D eigenvalue weighted by molar-refractivity contribution is 0.170. The topological polar surface area (TPSA) is 46.2 Å². The number of nitrogens with two attached hydrogens (primary N) is 1. The number of halogens is 2. The van der Waals surface area contributed by atoms with E-state index in [4.69, 9.17) is 10.8 Å². The van der Waals surface area contributed by atoms with E-state index in [9.17, 15) is 0 Å². The van der Waals surface area contributed by atoms with E-state index in [1.54, 1.807) is 13.8 Å². The van der Waals surface area contributed by atoms with Gasteiger partial charge < -0.3 is 10.8 Å². The Kier molecular flexibility index (Phi) is 14.8. The molecule has 0 saturated carbocycles. The summed E-state index contributed by atoms with van der Waals surface area (Å²) < 4.78 is 0. The van der Waals surface area contributed by atoms with Gasteiger partial charge >= 0.3 is 0 Å². The molecule has 0 rings (SSSR count). The van der Waals surface area contributed by atoms with Crippen LogP contribution in [0.3, 0.4) is 0 Å². The van der Waals surface area contributed by atoms with Crippen LogP contribution in [0.25, 0.3) is 0 Å². The number of rotatable bonds is 1. The molecule has 0 aromatic heterocycles. The van der Waals surface area contributed by atoms with Crippen molar-refractivity contribution >= 4 is 24.8 Å². The van der Waals surface area contributed by atoms with Crippen LogP contribution in [0.4, 0.5) is 0 Å². The molecular formula is C4H13Cl2NO. The first-order chi connectivity index (χ1) is 2.64. The Morgan fingerprint density at radius 2 is 1.38 bits per heavy atom. The van der Waals surface area contributed by atoms with Gasteiger partial charge in [0.15, 0.2) is 0 Å². The van der Waals surface area contributed by atoms with Crippen molar-refractivity contribution in [1.82, 2.24) is 0 Å². The molecule has 54 valence electrons. The molecule has 4 heteroatoms. The third-order valence-corrected chi connectivity index (χ3v) is 0.761. The summed E-state index contributed by atoms with van der Waals surface area (Å²) in [6.07, 6.45) is -0.370. The standard InChI is InChI=1S/C4H11NO.2ClH/c1-3(5)4(2)6;;/h3-4,6H,5H2,1-2H3;2*1H/t3-,4-;;/m1../s1. The lowest BCUT2D eigenvalue weighted by Crippen LogP contribution is -2.28. The summed E-state index contributed by atoms with van der Waals surface area (Å²) in [6, 6.07) is -0.0926. The highest BCUT2D eigenvalue weighted by Gasteiger charge is 1.97. The van der Waals surface area contributed by atoms with Gasteiger partial charge in [0, 0.05) is 6.04 Å². The fraction of sp³-hybridized carbons (Fsp3) is 1.00. The quantitative estimate of drug-likeness (QED) is 0.591. The average Bonchev–Trinajstić information content (AvgIpc) is 1.36. The van der Waals surface area contributed by atoms with Crippen LogP contribution in [0.1, 0.15) is 13.8 Å². The van der Waals surface area contributed by atoms with Crippen molar-refractivity contribution in [3.8, 4) is 0 Å². The normalized spacial score (nSPS) is 15.0. The zero-order valence-electron chi connectivity index (χ0n) is 5.00. The SMILES string of the molecule is C[C@@H](N)[C@@H](C)O.Cl.Cl. The van der Waals surface area contributed by atoms with E-state index in [-0.39, 0.29) is 37.0 Å². The molecule has 2 nitrogen and oxygen atoms in total. The van der Waals surface area contributed by atoms with Crippen molar-refractivity contribution in [1.29, 1.82) is 0 Å². The molecule has 0 amide bonds. The third-order valence-electron chi connectivity index (χ3n) is 0.761. The Labute approximate surface area is 62.3 Å². The maximum atomic E-state index is 8.50. The second-order valence-electron chi connectivity index (χ2n) is 1.60. The minimum atomic E-state index is -0.370. The molecule has 0 unspecified atom stereocenters. The average molecular weight is 162 g/mol. The summed E-state index contributed by atoms with van der Waals surface area (Å²) in [5.41, 5.74) is 5.19. The number of aliphatic hydroxyl groups is 1. The first-order valence-corrected chi connectivity index (χ1v) is 2.08. The van der Waals surface area contributed by atoms with Crippen LogP contribution in [0.2, 0.25) is 0 Å². The summed E-state index contributed by atoms with van der Waals surface area (Å²) in [5, 5.41) is 8.50. The fourth-order valence-corrected chi connectivity index (χ4v) is 0. The highest BCUT2D eigenvalue weighted by Crippen LogP contribution is 1.81. The molecule has 0 radical (unpaired) electrons. The van der Waals surface area contributed by atoms with Gasteiger partial charge in [-0.25, -0.2) is 0 Å². The Hall–Kier alpha value is 0.500. The van der Waals surface area contributed by atoms with Crippen molar-refractivity contribution in [3.05, 3.63) is 0 Å². The molecule has 0 aromatic carbocycles. The van der Waals surface area contributed by atoms with E-state index < -0.39 is 0 Å². The second kappa shape index (κ2) is 7.50. The zero-order chi connectivity index (χ0) is 5.15. The van der Waals surface area contributed by atoms with E-state index in [1.165, 1.54) is 0 Å². The minimum absolute atomic E-state index is 0. The van der Waals surface area contributed by atoms with Crippen molar-refractivity contribution in [2.24, 2.45) is 5.73 Å². The van der Waals surface area contributed by atoms with Crippen molar-refractivity contribution in [2.45, 2.75) is 26.0 Å². The van der Waals surface area contributed by atoms with Crippen molar-refractivity contribution in [2.75, 3.05) is 0 Å². The van der Waals surface area contributed by atoms with Crippen LogP contribution in [-0.2, 0) is 0 Å². The maximum absolute atomic E-state index is 8.50. The van der Waals surface area contributed by atoms with E-state index in [1.807, 2.05) is 0 Å². The summed E-state index contributed by atoms with van der Waals surface area (Å²) in [6.45, 7) is 3.44. The van der Waals surface area contributed by atoms with Gasteiger partial charge in [-0.15, -0.1) is 24.8 Å². The molecule has 0 aliphatic heterocycles. The van der Waals surface area contributed by atoms with Crippen LogP contribution in [0, 0.1) is 0 Å². The van der Waals surface area contributed by atoms with Gasteiger partial charge in [-0.3, -0.25) is 0 Å². The van der Waals surface area contributed by atoms with Crippen LogP contribution in [0.15, 0.2) is 0 Å². The van der Waals surface area contributed by atoms with Crippen LogP contribution in [0.5, 0.6) is 0 Å². The van der Waals surface area contributed by atoms with E-state index in [0.717, 1.165) is 0 Å². The Bertz CT molecular complexity index is 35.0. The van der Waals surface area contributed by atoms with E-state index in [0.29, 0.717) is 0 Å². The molecular weight excluding hydrogens is 149 g/mol. The fourth-order valence-electron chi connectivity index (χ4n) is 0. The Balaban J connectivity index is -0.000000125. The summed E-state index contributed by atoms with van der Waals surface area (Å²) in [5.74, 6) is 0. The molecule has 8 heavy (non-hydrogen) atoms. The summed E-state index contributed by atoms with van der Waals surface area (Å²) >= 11 is 0. The van der Waals surface area contributed by atoms with Crippen LogP contribution in [-0.4, -0.2) is 17.3 Å². The summed E-state index contributed by atoms with van der Waals surface area (Å²) in [4.78, 5) is 0. The highest BCUT2D eigenvalue weighted by molar-refractivity contribution is 5.85. The zero-order valence-corrected chi connectivity index (χ0v) is 6.63. The van der Waals surface area contributed by atoms with Gasteiger partial charge in [-0.05, 0) is 13.8 Å². The lowest BCUT2D eigenvalue weighted by Gasteiger charge is -2.04. The molecule has 0 aliphatic rings.